The van der Waals surface area contributed by atoms with Crippen LogP contribution in [-0.2, 0) is 6.42 Å². The fourth-order valence-corrected chi connectivity index (χ4v) is 2.12. The molecule has 0 saturated heterocycles. The molecule has 1 aromatic rings. The molecule has 0 fully saturated rings. The number of rotatable bonds is 9. The topological polar surface area (TPSA) is 15.3 Å². The van der Waals surface area contributed by atoms with Gasteiger partial charge in [-0.3, -0.25) is 0 Å². The van der Waals surface area contributed by atoms with Crippen LogP contribution in [0.4, 0.5) is 0 Å². The van der Waals surface area contributed by atoms with Crippen LogP contribution in [0.25, 0.3) is 0 Å². The van der Waals surface area contributed by atoms with Gasteiger partial charge in [-0.1, -0.05) is 44.2 Å². The van der Waals surface area contributed by atoms with Crippen LogP contribution in [0.3, 0.4) is 0 Å². The van der Waals surface area contributed by atoms with Crippen LogP contribution in [-0.4, -0.2) is 37.6 Å². The average molecular weight is 248 g/mol. The third kappa shape index (κ3) is 6.18. The van der Waals surface area contributed by atoms with Crippen molar-refractivity contribution in [3.8, 4) is 0 Å². The molecular formula is C16H28N2. The summed E-state index contributed by atoms with van der Waals surface area (Å²) in [6, 6.07) is 11.4. The molecule has 1 atom stereocenters. The van der Waals surface area contributed by atoms with E-state index in [0.717, 1.165) is 26.1 Å². The van der Waals surface area contributed by atoms with Crippen molar-refractivity contribution in [2.45, 2.75) is 39.2 Å². The van der Waals surface area contributed by atoms with Gasteiger partial charge in [0, 0.05) is 19.1 Å². The van der Waals surface area contributed by atoms with Crippen molar-refractivity contribution >= 4 is 0 Å². The molecule has 1 unspecified atom stereocenters. The molecule has 1 rings (SSSR count). The zero-order valence-corrected chi connectivity index (χ0v) is 12.2. The molecule has 0 aliphatic heterocycles. The number of hydrogen-bond donors (Lipinski definition) is 1. The molecule has 0 aromatic heterocycles. The van der Waals surface area contributed by atoms with E-state index in [2.05, 4.69) is 61.4 Å². The predicted octanol–water partition coefficient (Wildman–Crippen LogP) is 2.94. The van der Waals surface area contributed by atoms with Crippen LogP contribution in [0.2, 0.25) is 0 Å². The molecule has 2 nitrogen and oxygen atoms in total. The number of benzene rings is 1. The minimum absolute atomic E-state index is 0.630. The molecule has 18 heavy (non-hydrogen) atoms. The summed E-state index contributed by atoms with van der Waals surface area (Å²) in [6.45, 7) is 7.89. The Balaban J connectivity index is 2.25. The van der Waals surface area contributed by atoms with Crippen LogP contribution in [0.1, 0.15) is 32.3 Å². The van der Waals surface area contributed by atoms with Crippen LogP contribution >= 0.6 is 0 Å². The lowest BCUT2D eigenvalue weighted by Gasteiger charge is -2.24. The lowest BCUT2D eigenvalue weighted by atomic mass is 10.1. The van der Waals surface area contributed by atoms with Crippen molar-refractivity contribution in [1.29, 1.82) is 0 Å². The Hall–Kier alpha value is -0.860. The largest absolute Gasteiger partial charge is 0.313 e. The Labute approximate surface area is 112 Å². The van der Waals surface area contributed by atoms with Gasteiger partial charge in [-0.15, -0.1) is 0 Å². The molecule has 102 valence electrons. The van der Waals surface area contributed by atoms with Crippen LogP contribution in [0.15, 0.2) is 30.3 Å². The van der Waals surface area contributed by atoms with E-state index in [1.54, 1.807) is 0 Å². The second-order valence-electron chi connectivity index (χ2n) is 5.06. The SMILES string of the molecule is CCCNC(CC)CN(C)CCc1ccccc1. The lowest BCUT2D eigenvalue weighted by Crippen LogP contribution is -2.40. The maximum absolute atomic E-state index is 3.61. The summed E-state index contributed by atoms with van der Waals surface area (Å²) in [5, 5.41) is 3.61. The molecule has 0 bridgehead atoms. The molecule has 0 radical (unpaired) electrons. The van der Waals surface area contributed by atoms with E-state index in [4.69, 9.17) is 0 Å². The Kier molecular flexibility index (Phi) is 7.70. The molecule has 0 aliphatic rings. The minimum atomic E-state index is 0.630. The van der Waals surface area contributed by atoms with E-state index < -0.39 is 0 Å². The van der Waals surface area contributed by atoms with Gasteiger partial charge in [0.15, 0.2) is 0 Å². The van der Waals surface area contributed by atoms with E-state index in [9.17, 15) is 0 Å². The highest BCUT2D eigenvalue weighted by Gasteiger charge is 2.08. The summed E-state index contributed by atoms with van der Waals surface area (Å²) in [4.78, 5) is 2.43. The monoisotopic (exact) mass is 248 g/mol. The third-order valence-electron chi connectivity index (χ3n) is 3.33. The van der Waals surface area contributed by atoms with E-state index in [1.165, 1.54) is 18.4 Å². The summed E-state index contributed by atoms with van der Waals surface area (Å²) in [5.74, 6) is 0. The van der Waals surface area contributed by atoms with Crippen molar-refractivity contribution in [3.63, 3.8) is 0 Å². The first-order chi connectivity index (χ1) is 8.76. The molecular weight excluding hydrogens is 220 g/mol. The lowest BCUT2D eigenvalue weighted by molar-refractivity contribution is 0.287. The zero-order chi connectivity index (χ0) is 13.2. The highest BCUT2D eigenvalue weighted by molar-refractivity contribution is 5.14. The first kappa shape index (κ1) is 15.2. The van der Waals surface area contributed by atoms with Crippen molar-refractivity contribution in [1.82, 2.24) is 10.2 Å². The quantitative estimate of drug-likeness (QED) is 0.723. The maximum Gasteiger partial charge on any atom is 0.0192 e. The minimum Gasteiger partial charge on any atom is -0.313 e. The number of nitrogens with zero attached hydrogens (tertiary/aromatic N) is 1. The highest BCUT2D eigenvalue weighted by Crippen LogP contribution is 2.02. The number of hydrogen-bond acceptors (Lipinski definition) is 2. The number of nitrogens with one attached hydrogen (secondary N) is 1. The van der Waals surface area contributed by atoms with Gasteiger partial charge in [-0.2, -0.15) is 0 Å². The fourth-order valence-electron chi connectivity index (χ4n) is 2.12. The first-order valence-corrected chi connectivity index (χ1v) is 7.22. The van der Waals surface area contributed by atoms with E-state index in [0.29, 0.717) is 6.04 Å². The molecule has 0 heterocycles. The van der Waals surface area contributed by atoms with Crippen LogP contribution in [0.5, 0.6) is 0 Å². The number of likely N-dealkylation sites (N-methyl/N-ethyl adjacent to an activating group) is 1. The summed E-state index contributed by atoms with van der Waals surface area (Å²) in [7, 11) is 2.22. The van der Waals surface area contributed by atoms with Gasteiger partial charge in [-0.25, -0.2) is 0 Å². The molecule has 0 aliphatic carbocycles. The van der Waals surface area contributed by atoms with E-state index >= 15 is 0 Å². The highest BCUT2D eigenvalue weighted by atomic mass is 15.1. The van der Waals surface area contributed by atoms with E-state index in [-0.39, 0.29) is 0 Å². The van der Waals surface area contributed by atoms with Crippen molar-refractivity contribution < 1.29 is 0 Å². The first-order valence-electron chi connectivity index (χ1n) is 7.22. The average Bonchev–Trinajstić information content (AvgIpc) is 2.42. The summed E-state index contributed by atoms with van der Waals surface area (Å²) < 4.78 is 0. The van der Waals surface area contributed by atoms with Gasteiger partial charge in [0.1, 0.15) is 0 Å². The second kappa shape index (κ2) is 9.12. The molecule has 2 heteroatoms. The fraction of sp³-hybridized carbons (Fsp3) is 0.625. The third-order valence-corrected chi connectivity index (χ3v) is 3.33. The maximum atomic E-state index is 3.61. The van der Waals surface area contributed by atoms with Crippen molar-refractivity contribution in [2.75, 3.05) is 26.7 Å². The van der Waals surface area contributed by atoms with Gasteiger partial charge in [0.25, 0.3) is 0 Å². The van der Waals surface area contributed by atoms with Gasteiger partial charge in [0.2, 0.25) is 0 Å². The summed E-state index contributed by atoms with van der Waals surface area (Å²) >= 11 is 0. The molecule has 0 amide bonds. The summed E-state index contributed by atoms with van der Waals surface area (Å²) in [5.41, 5.74) is 1.43. The van der Waals surface area contributed by atoms with Gasteiger partial charge in [0.05, 0.1) is 0 Å². The normalized spacial score (nSPS) is 12.9. The van der Waals surface area contributed by atoms with E-state index in [1.807, 2.05) is 0 Å². The van der Waals surface area contributed by atoms with Crippen LogP contribution < -0.4 is 5.32 Å². The molecule has 0 saturated carbocycles. The Morgan fingerprint density at radius 2 is 1.89 bits per heavy atom. The van der Waals surface area contributed by atoms with Gasteiger partial charge >= 0.3 is 0 Å². The molecule has 1 aromatic carbocycles. The van der Waals surface area contributed by atoms with Gasteiger partial charge in [-0.05, 0) is 38.4 Å². The van der Waals surface area contributed by atoms with Gasteiger partial charge < -0.3 is 10.2 Å². The standard InChI is InChI=1S/C16H28N2/c1-4-12-17-16(5-2)14-18(3)13-11-15-9-7-6-8-10-15/h6-10,16-17H,4-5,11-14H2,1-3H3. The predicted molar refractivity (Wildman–Crippen MR) is 80.0 cm³/mol. The second-order valence-corrected chi connectivity index (χ2v) is 5.06. The Morgan fingerprint density at radius 3 is 2.50 bits per heavy atom. The Morgan fingerprint density at radius 1 is 1.17 bits per heavy atom. The smallest absolute Gasteiger partial charge is 0.0192 e. The van der Waals surface area contributed by atoms with Crippen molar-refractivity contribution in [3.05, 3.63) is 35.9 Å². The summed E-state index contributed by atoms with van der Waals surface area (Å²) in [6.07, 6.45) is 3.56. The zero-order valence-electron chi connectivity index (χ0n) is 12.2. The van der Waals surface area contributed by atoms with Crippen LogP contribution in [0, 0.1) is 0 Å². The van der Waals surface area contributed by atoms with Crippen molar-refractivity contribution in [2.24, 2.45) is 0 Å². The Bertz CT molecular complexity index is 297. The molecule has 1 N–H and O–H groups in total. The molecule has 0 spiro atoms.